The fourth-order valence-corrected chi connectivity index (χ4v) is 5.98. The van der Waals surface area contributed by atoms with Crippen LogP contribution in [0, 0.1) is 0 Å². The number of piperidine rings is 1. The van der Waals surface area contributed by atoms with E-state index < -0.39 is 25.5 Å². The Morgan fingerprint density at radius 2 is 1.62 bits per heavy atom. The third-order valence-electron chi connectivity index (χ3n) is 6.33. The summed E-state index contributed by atoms with van der Waals surface area (Å²) in [6.45, 7) is 2.53. The van der Waals surface area contributed by atoms with Gasteiger partial charge in [-0.3, -0.25) is 9.52 Å². The number of likely N-dealkylation sites (tertiary alicyclic amines) is 1. The van der Waals surface area contributed by atoms with Gasteiger partial charge in [0.25, 0.3) is 0 Å². The molecule has 34 heavy (non-hydrogen) atoms. The van der Waals surface area contributed by atoms with Gasteiger partial charge in [0.2, 0.25) is 10.0 Å². The lowest BCUT2D eigenvalue weighted by molar-refractivity contribution is -0.00865. The van der Waals surface area contributed by atoms with Gasteiger partial charge in [0.05, 0.1) is 24.0 Å². The van der Waals surface area contributed by atoms with Crippen LogP contribution in [-0.4, -0.2) is 65.3 Å². The van der Waals surface area contributed by atoms with Gasteiger partial charge in [-0.05, 0) is 35.7 Å². The lowest BCUT2D eigenvalue weighted by atomic mass is 9.82. The van der Waals surface area contributed by atoms with Gasteiger partial charge >= 0.3 is 0 Å². The van der Waals surface area contributed by atoms with Gasteiger partial charge in [-0.15, -0.1) is 0 Å². The van der Waals surface area contributed by atoms with Crippen molar-refractivity contribution in [2.45, 2.75) is 37.0 Å². The molecule has 0 saturated carbocycles. The molecule has 1 N–H and O–H groups in total. The molecule has 0 bridgehead atoms. The normalized spacial score (nSPS) is 18.4. The van der Waals surface area contributed by atoms with E-state index in [1.165, 1.54) is 6.26 Å². The number of hydrogen-bond acceptors (Lipinski definition) is 7. The number of carbonyl (C=O) groups excluding carboxylic acids is 1. The molecule has 2 heterocycles. The van der Waals surface area contributed by atoms with Crippen LogP contribution in [0.25, 0.3) is 0 Å². The Kier molecular flexibility index (Phi) is 6.76. The Morgan fingerprint density at radius 1 is 0.971 bits per heavy atom. The summed E-state index contributed by atoms with van der Waals surface area (Å²) in [5.74, 6) is 0.540. The van der Waals surface area contributed by atoms with Gasteiger partial charge in [0, 0.05) is 44.4 Å². The molecule has 0 aromatic heterocycles. The van der Waals surface area contributed by atoms with Crippen molar-refractivity contribution in [2.24, 2.45) is 0 Å². The summed E-state index contributed by atoms with van der Waals surface area (Å²) >= 11 is 0. The van der Waals surface area contributed by atoms with Crippen LogP contribution in [0.4, 0.5) is 5.69 Å². The number of ketones is 1. The molecule has 2 aromatic carbocycles. The van der Waals surface area contributed by atoms with Crippen LogP contribution < -0.4 is 9.46 Å². The van der Waals surface area contributed by atoms with Crippen molar-refractivity contribution in [3.63, 3.8) is 0 Å². The van der Waals surface area contributed by atoms with Gasteiger partial charge in [-0.25, -0.2) is 16.8 Å². The maximum Gasteiger partial charge on any atom is 0.229 e. The molecule has 2 aliphatic heterocycles. The Morgan fingerprint density at radius 3 is 2.24 bits per heavy atom. The summed E-state index contributed by atoms with van der Waals surface area (Å²) in [5.41, 5.74) is 2.22. The SMILES string of the molecule is CS(=O)(=O)Cc1ccc(CCN2CCC3(CC2)CC(=O)c2cc(NS(C)(=O)=O)ccc2O3)cc1. The molecule has 8 nitrogen and oxygen atoms in total. The van der Waals surface area contributed by atoms with E-state index in [0.29, 0.717) is 17.0 Å². The number of anilines is 1. The fraction of sp³-hybridized carbons (Fsp3) is 0.458. The molecule has 4 rings (SSSR count). The van der Waals surface area contributed by atoms with Crippen molar-refractivity contribution in [3.8, 4) is 5.75 Å². The van der Waals surface area contributed by atoms with Crippen molar-refractivity contribution < 1.29 is 26.4 Å². The van der Waals surface area contributed by atoms with Crippen molar-refractivity contribution >= 4 is 31.3 Å². The number of sulfonamides is 1. The highest BCUT2D eigenvalue weighted by molar-refractivity contribution is 7.92. The molecule has 0 aliphatic carbocycles. The lowest BCUT2D eigenvalue weighted by Crippen LogP contribution is -2.51. The fourth-order valence-electron chi connectivity index (χ4n) is 4.63. The Hall–Kier alpha value is -2.43. The topological polar surface area (TPSA) is 110 Å². The molecule has 10 heteroatoms. The van der Waals surface area contributed by atoms with E-state index >= 15 is 0 Å². The van der Waals surface area contributed by atoms with E-state index in [2.05, 4.69) is 9.62 Å². The standard InChI is InChI=1S/C24H30N2O6S2/c1-33(28,29)17-19-5-3-18(4-6-19)9-12-26-13-10-24(11-14-26)16-22(27)21-15-20(25-34(2,30)31)7-8-23(21)32-24/h3-8,15,25H,9-14,16-17H2,1-2H3. The van der Waals surface area contributed by atoms with E-state index in [1.54, 1.807) is 18.2 Å². The summed E-state index contributed by atoms with van der Waals surface area (Å²) in [4.78, 5) is 15.2. The van der Waals surface area contributed by atoms with Gasteiger partial charge < -0.3 is 9.64 Å². The highest BCUT2D eigenvalue weighted by Crippen LogP contribution is 2.40. The number of Topliss-reactive ketones (excluding diaryl/α,β-unsaturated/α-hetero) is 1. The van der Waals surface area contributed by atoms with Crippen molar-refractivity contribution in [1.82, 2.24) is 4.90 Å². The number of ether oxygens (including phenoxy) is 1. The molecule has 2 aliphatic rings. The summed E-state index contributed by atoms with van der Waals surface area (Å²) in [7, 11) is -6.46. The number of nitrogens with one attached hydrogen (secondary N) is 1. The maximum atomic E-state index is 12.9. The third kappa shape index (κ3) is 6.37. The highest BCUT2D eigenvalue weighted by Gasteiger charge is 2.42. The molecule has 1 saturated heterocycles. The molecule has 184 valence electrons. The minimum atomic E-state index is -3.42. The second-order valence-corrected chi connectivity index (χ2v) is 13.3. The number of hydrogen-bond donors (Lipinski definition) is 1. The first-order valence-corrected chi connectivity index (χ1v) is 15.2. The average Bonchev–Trinajstić information content (AvgIpc) is 2.73. The highest BCUT2D eigenvalue weighted by atomic mass is 32.2. The number of rotatable bonds is 7. The second kappa shape index (κ2) is 9.31. The lowest BCUT2D eigenvalue weighted by Gasteiger charge is -2.44. The predicted molar refractivity (Wildman–Crippen MR) is 132 cm³/mol. The van der Waals surface area contributed by atoms with E-state index in [-0.39, 0.29) is 18.0 Å². The zero-order valence-electron chi connectivity index (χ0n) is 19.4. The van der Waals surface area contributed by atoms with E-state index in [9.17, 15) is 21.6 Å². The number of fused-ring (bicyclic) bond motifs is 1. The average molecular weight is 507 g/mol. The summed E-state index contributed by atoms with van der Waals surface area (Å²) in [6.07, 6.45) is 4.95. The molecule has 0 amide bonds. The van der Waals surface area contributed by atoms with Crippen molar-refractivity contribution in [2.75, 3.05) is 36.9 Å². The summed E-state index contributed by atoms with van der Waals surface area (Å²) in [5, 5.41) is 0. The zero-order chi connectivity index (χ0) is 24.6. The molecule has 0 atom stereocenters. The van der Waals surface area contributed by atoms with Gasteiger partial charge in [0.15, 0.2) is 15.6 Å². The van der Waals surface area contributed by atoms with Crippen LogP contribution in [0.15, 0.2) is 42.5 Å². The third-order valence-corrected chi connectivity index (χ3v) is 7.79. The number of nitrogens with zero attached hydrogens (tertiary/aromatic N) is 1. The van der Waals surface area contributed by atoms with E-state index in [1.807, 2.05) is 24.3 Å². The minimum absolute atomic E-state index is 0.0268. The first-order chi connectivity index (χ1) is 15.9. The molecule has 2 aromatic rings. The number of sulfone groups is 1. The van der Waals surface area contributed by atoms with Crippen LogP contribution >= 0.6 is 0 Å². The molecule has 0 radical (unpaired) electrons. The summed E-state index contributed by atoms with van der Waals surface area (Å²) < 4.78 is 54.5. The van der Waals surface area contributed by atoms with Crippen LogP contribution in [-0.2, 0) is 32.0 Å². The number of benzene rings is 2. The minimum Gasteiger partial charge on any atom is -0.486 e. The number of carbonyl (C=O) groups is 1. The molecule has 1 spiro atoms. The Balaban J connectivity index is 1.32. The van der Waals surface area contributed by atoms with E-state index in [4.69, 9.17) is 4.74 Å². The van der Waals surface area contributed by atoms with Crippen LogP contribution in [0.1, 0.15) is 40.7 Å². The second-order valence-electron chi connectivity index (χ2n) is 9.45. The monoisotopic (exact) mass is 506 g/mol. The predicted octanol–water partition coefficient (Wildman–Crippen LogP) is 2.65. The van der Waals surface area contributed by atoms with Crippen molar-refractivity contribution in [3.05, 3.63) is 59.2 Å². The van der Waals surface area contributed by atoms with Crippen molar-refractivity contribution in [1.29, 1.82) is 0 Å². The van der Waals surface area contributed by atoms with Gasteiger partial charge in [0.1, 0.15) is 11.4 Å². The molecular formula is C24H30N2O6S2. The molecule has 1 fully saturated rings. The molecule has 0 unspecified atom stereocenters. The first kappa shape index (κ1) is 24.7. The Bertz CT molecular complexity index is 1280. The summed E-state index contributed by atoms with van der Waals surface area (Å²) in [6, 6.07) is 12.5. The smallest absolute Gasteiger partial charge is 0.229 e. The first-order valence-electron chi connectivity index (χ1n) is 11.2. The quantitative estimate of drug-likeness (QED) is 0.615. The van der Waals surface area contributed by atoms with Gasteiger partial charge in [-0.1, -0.05) is 24.3 Å². The van der Waals surface area contributed by atoms with Crippen LogP contribution in [0.3, 0.4) is 0 Å². The van der Waals surface area contributed by atoms with Crippen LogP contribution in [0.5, 0.6) is 5.75 Å². The van der Waals surface area contributed by atoms with Gasteiger partial charge in [-0.2, -0.15) is 0 Å². The largest absolute Gasteiger partial charge is 0.486 e. The maximum absolute atomic E-state index is 12.9. The zero-order valence-corrected chi connectivity index (χ0v) is 21.0. The van der Waals surface area contributed by atoms with Crippen LogP contribution in [0.2, 0.25) is 0 Å². The molecular weight excluding hydrogens is 476 g/mol. The van der Waals surface area contributed by atoms with E-state index in [0.717, 1.165) is 56.3 Å². The Labute approximate surface area is 201 Å².